The maximum Gasteiger partial charge on any atom is 0.224 e. The molecule has 4 heteroatoms. The molecule has 0 bridgehead atoms. The number of piperazine rings is 1. The second-order valence-electron chi connectivity index (χ2n) is 5.66. The monoisotopic (exact) mass is 239 g/mol. The van der Waals surface area contributed by atoms with Gasteiger partial charge in [0.1, 0.15) is 0 Å². The van der Waals surface area contributed by atoms with Gasteiger partial charge in [0.25, 0.3) is 0 Å². The van der Waals surface area contributed by atoms with Gasteiger partial charge in [-0.2, -0.15) is 0 Å². The summed E-state index contributed by atoms with van der Waals surface area (Å²) in [4.78, 5) is 16.6. The molecule has 1 amide bonds. The Bertz CT molecular complexity index is 264. The van der Waals surface area contributed by atoms with Crippen molar-refractivity contribution in [2.45, 2.75) is 51.2 Å². The van der Waals surface area contributed by atoms with E-state index < -0.39 is 0 Å². The van der Waals surface area contributed by atoms with Gasteiger partial charge in [-0.05, 0) is 40.3 Å². The van der Waals surface area contributed by atoms with Crippen LogP contribution in [0.3, 0.4) is 0 Å². The van der Waals surface area contributed by atoms with Crippen molar-refractivity contribution < 1.29 is 4.79 Å². The Morgan fingerprint density at radius 1 is 1.29 bits per heavy atom. The van der Waals surface area contributed by atoms with Crippen LogP contribution in [-0.2, 0) is 4.79 Å². The van der Waals surface area contributed by atoms with Crippen molar-refractivity contribution >= 4 is 5.91 Å². The molecule has 0 radical (unpaired) electrons. The molecule has 17 heavy (non-hydrogen) atoms. The number of nitrogens with zero attached hydrogens (tertiary/aromatic N) is 2. The summed E-state index contributed by atoms with van der Waals surface area (Å²) in [5.41, 5.74) is 0. The molecule has 0 aliphatic carbocycles. The molecular formula is C13H25N3O. The second-order valence-corrected chi connectivity index (χ2v) is 5.66. The summed E-state index contributed by atoms with van der Waals surface area (Å²) in [5.74, 6) is 0.330. The van der Waals surface area contributed by atoms with Crippen molar-refractivity contribution in [2.24, 2.45) is 0 Å². The molecule has 0 aromatic rings. The molecular weight excluding hydrogens is 214 g/mol. The van der Waals surface area contributed by atoms with Gasteiger partial charge in [-0.25, -0.2) is 0 Å². The number of nitrogens with one attached hydrogen (secondary N) is 1. The predicted molar refractivity (Wildman–Crippen MR) is 68.9 cm³/mol. The molecule has 0 aromatic heterocycles. The van der Waals surface area contributed by atoms with Gasteiger partial charge in [0, 0.05) is 37.6 Å². The lowest BCUT2D eigenvalue weighted by molar-refractivity contribution is -0.135. The maximum absolute atomic E-state index is 12.2. The van der Waals surface area contributed by atoms with E-state index in [1.807, 2.05) is 0 Å². The van der Waals surface area contributed by atoms with Gasteiger partial charge < -0.3 is 10.2 Å². The Morgan fingerprint density at radius 3 is 2.47 bits per heavy atom. The highest BCUT2D eigenvalue weighted by atomic mass is 16.2. The van der Waals surface area contributed by atoms with Crippen molar-refractivity contribution in [1.82, 2.24) is 15.1 Å². The number of hydrogen-bond donors (Lipinski definition) is 1. The minimum Gasteiger partial charge on any atom is -0.340 e. The van der Waals surface area contributed by atoms with Crippen LogP contribution in [0.2, 0.25) is 0 Å². The fourth-order valence-electron chi connectivity index (χ4n) is 2.88. The highest BCUT2D eigenvalue weighted by Crippen LogP contribution is 2.16. The number of carbonyl (C=O) groups is 1. The van der Waals surface area contributed by atoms with Gasteiger partial charge in [-0.3, -0.25) is 9.69 Å². The SMILES string of the molecule is CC1CN(C(=O)CC2CCCN2)CC(C)N1C. The van der Waals surface area contributed by atoms with Gasteiger partial charge in [0.2, 0.25) is 5.91 Å². The molecule has 2 aliphatic rings. The fraction of sp³-hybridized carbons (Fsp3) is 0.923. The second kappa shape index (κ2) is 5.36. The number of rotatable bonds is 2. The molecule has 2 saturated heterocycles. The Balaban J connectivity index is 1.86. The van der Waals surface area contributed by atoms with E-state index in [0.717, 1.165) is 26.1 Å². The quantitative estimate of drug-likeness (QED) is 0.770. The van der Waals surface area contributed by atoms with Crippen LogP contribution in [0, 0.1) is 0 Å². The molecule has 2 aliphatic heterocycles. The van der Waals surface area contributed by atoms with E-state index >= 15 is 0 Å². The van der Waals surface area contributed by atoms with Gasteiger partial charge in [-0.1, -0.05) is 0 Å². The molecule has 1 N–H and O–H groups in total. The zero-order valence-electron chi connectivity index (χ0n) is 11.3. The van der Waals surface area contributed by atoms with E-state index in [2.05, 4.69) is 36.0 Å². The summed E-state index contributed by atoms with van der Waals surface area (Å²) in [7, 11) is 2.15. The average molecular weight is 239 g/mol. The van der Waals surface area contributed by atoms with Crippen LogP contribution >= 0.6 is 0 Å². The molecule has 3 unspecified atom stereocenters. The van der Waals surface area contributed by atoms with Crippen LogP contribution < -0.4 is 5.32 Å². The normalized spacial score (nSPS) is 35.2. The van der Waals surface area contributed by atoms with Crippen LogP contribution in [0.5, 0.6) is 0 Å². The Morgan fingerprint density at radius 2 is 1.94 bits per heavy atom. The van der Waals surface area contributed by atoms with Gasteiger partial charge in [0.05, 0.1) is 0 Å². The van der Waals surface area contributed by atoms with Crippen molar-refractivity contribution in [3.05, 3.63) is 0 Å². The smallest absolute Gasteiger partial charge is 0.224 e. The van der Waals surface area contributed by atoms with Crippen molar-refractivity contribution in [3.8, 4) is 0 Å². The van der Waals surface area contributed by atoms with Crippen molar-refractivity contribution in [2.75, 3.05) is 26.7 Å². The Labute approximate surface area is 104 Å². The molecule has 2 heterocycles. The predicted octanol–water partition coefficient (Wildman–Crippen LogP) is 0.680. The summed E-state index contributed by atoms with van der Waals surface area (Å²) < 4.78 is 0. The third-order valence-electron chi connectivity index (χ3n) is 4.30. The van der Waals surface area contributed by atoms with E-state index in [4.69, 9.17) is 0 Å². The van der Waals surface area contributed by atoms with E-state index in [-0.39, 0.29) is 0 Å². The first-order valence-electron chi connectivity index (χ1n) is 6.81. The summed E-state index contributed by atoms with van der Waals surface area (Å²) in [6.45, 7) is 7.24. The van der Waals surface area contributed by atoms with Crippen LogP contribution in [0.4, 0.5) is 0 Å². The first-order chi connectivity index (χ1) is 8.08. The number of amides is 1. The van der Waals surface area contributed by atoms with E-state index in [1.165, 1.54) is 6.42 Å². The third kappa shape index (κ3) is 2.99. The zero-order chi connectivity index (χ0) is 12.4. The van der Waals surface area contributed by atoms with Crippen LogP contribution in [0.15, 0.2) is 0 Å². The first-order valence-corrected chi connectivity index (χ1v) is 6.81. The topological polar surface area (TPSA) is 35.6 Å². The lowest BCUT2D eigenvalue weighted by Gasteiger charge is -2.42. The number of hydrogen-bond acceptors (Lipinski definition) is 3. The summed E-state index contributed by atoms with van der Waals surface area (Å²) in [6, 6.07) is 1.37. The van der Waals surface area contributed by atoms with Gasteiger partial charge in [-0.15, -0.1) is 0 Å². The van der Waals surface area contributed by atoms with Gasteiger partial charge >= 0.3 is 0 Å². The third-order valence-corrected chi connectivity index (χ3v) is 4.30. The summed E-state index contributed by atoms with van der Waals surface area (Å²) in [5, 5.41) is 3.40. The number of carbonyl (C=O) groups excluding carboxylic acids is 1. The Kier molecular flexibility index (Phi) is 4.05. The van der Waals surface area contributed by atoms with Crippen LogP contribution in [0.1, 0.15) is 33.1 Å². The van der Waals surface area contributed by atoms with Crippen LogP contribution in [0.25, 0.3) is 0 Å². The summed E-state index contributed by atoms with van der Waals surface area (Å²) in [6.07, 6.45) is 3.06. The fourth-order valence-corrected chi connectivity index (χ4v) is 2.88. The molecule has 98 valence electrons. The lowest BCUT2D eigenvalue weighted by Crippen LogP contribution is -2.56. The highest BCUT2D eigenvalue weighted by Gasteiger charge is 2.30. The van der Waals surface area contributed by atoms with Crippen LogP contribution in [-0.4, -0.2) is 60.5 Å². The summed E-state index contributed by atoms with van der Waals surface area (Å²) >= 11 is 0. The minimum absolute atomic E-state index is 0.330. The van der Waals surface area contributed by atoms with Gasteiger partial charge in [0.15, 0.2) is 0 Å². The first kappa shape index (κ1) is 12.8. The van der Waals surface area contributed by atoms with Crippen molar-refractivity contribution in [3.63, 3.8) is 0 Å². The zero-order valence-corrected chi connectivity index (χ0v) is 11.3. The molecule has 0 aromatic carbocycles. The number of likely N-dealkylation sites (N-methyl/N-ethyl adjacent to an activating group) is 1. The standard InChI is InChI=1S/C13H25N3O/c1-10-8-16(9-11(2)15(10)3)13(17)7-12-5-4-6-14-12/h10-12,14H,4-9H2,1-3H3. The largest absolute Gasteiger partial charge is 0.340 e. The lowest BCUT2D eigenvalue weighted by atomic mass is 10.1. The maximum atomic E-state index is 12.2. The molecule has 2 rings (SSSR count). The van der Waals surface area contributed by atoms with E-state index in [9.17, 15) is 4.79 Å². The highest BCUT2D eigenvalue weighted by molar-refractivity contribution is 5.77. The van der Waals surface area contributed by atoms with E-state index in [0.29, 0.717) is 30.5 Å². The van der Waals surface area contributed by atoms with Crippen molar-refractivity contribution in [1.29, 1.82) is 0 Å². The Hall–Kier alpha value is -0.610. The molecule has 0 saturated carbocycles. The molecule has 0 spiro atoms. The minimum atomic E-state index is 0.330. The molecule has 2 fully saturated rings. The molecule has 3 atom stereocenters. The average Bonchev–Trinajstić information content (AvgIpc) is 2.77. The molecule has 4 nitrogen and oxygen atoms in total. The van der Waals surface area contributed by atoms with E-state index in [1.54, 1.807) is 0 Å².